The summed E-state index contributed by atoms with van der Waals surface area (Å²) in [5, 5.41) is 1.02. The fraction of sp³-hybridized carbons (Fsp3) is 0.417. The quantitative estimate of drug-likeness (QED) is 0.846. The fourth-order valence-corrected chi connectivity index (χ4v) is 2.01. The Morgan fingerprint density at radius 3 is 2.82 bits per heavy atom. The maximum absolute atomic E-state index is 11.3. The van der Waals surface area contributed by atoms with Crippen LogP contribution in [-0.4, -0.2) is 24.6 Å². The molecule has 2 atom stereocenters. The van der Waals surface area contributed by atoms with E-state index in [-0.39, 0.29) is 11.9 Å². The zero-order valence-corrected chi connectivity index (χ0v) is 10.8. The normalized spacial score (nSPS) is 23.4. The molecule has 1 aromatic rings. The van der Waals surface area contributed by atoms with E-state index in [0.29, 0.717) is 28.8 Å². The third kappa shape index (κ3) is 2.73. The van der Waals surface area contributed by atoms with Gasteiger partial charge in [0.25, 0.3) is 0 Å². The maximum Gasteiger partial charge on any atom is 0.169 e. The van der Waals surface area contributed by atoms with Crippen molar-refractivity contribution in [3.8, 4) is 5.75 Å². The first-order valence-corrected chi connectivity index (χ1v) is 6.13. The Morgan fingerprint density at radius 1 is 1.41 bits per heavy atom. The largest absolute Gasteiger partial charge is 0.485 e. The number of ether oxygens (including phenoxy) is 2. The predicted molar refractivity (Wildman–Crippen MR) is 65.9 cm³/mol. The Hall–Kier alpha value is -0.770. The van der Waals surface area contributed by atoms with E-state index < -0.39 is 6.10 Å². The van der Waals surface area contributed by atoms with Gasteiger partial charge in [0.05, 0.1) is 5.02 Å². The van der Waals surface area contributed by atoms with Crippen LogP contribution in [0.25, 0.3) is 0 Å². The van der Waals surface area contributed by atoms with Gasteiger partial charge in [-0.2, -0.15) is 0 Å². The van der Waals surface area contributed by atoms with Crippen molar-refractivity contribution < 1.29 is 14.3 Å². The molecule has 92 valence electrons. The van der Waals surface area contributed by atoms with Crippen molar-refractivity contribution in [2.24, 2.45) is 0 Å². The Morgan fingerprint density at radius 2 is 2.18 bits per heavy atom. The Bertz CT molecular complexity index is 434. The van der Waals surface area contributed by atoms with E-state index >= 15 is 0 Å². The molecular formula is C12H12Cl2O3. The standard InChI is InChI=1S/C12H12Cl2O3/c1-2-16-12-9(15)6-11(12)17-10-5-7(13)3-4-8(10)14/h3-5,11-12H,2,6H2,1H3. The van der Waals surface area contributed by atoms with E-state index in [4.69, 9.17) is 32.7 Å². The average Bonchev–Trinajstić information content (AvgIpc) is 2.30. The zero-order chi connectivity index (χ0) is 12.4. The first-order valence-electron chi connectivity index (χ1n) is 5.38. The van der Waals surface area contributed by atoms with Crippen LogP contribution >= 0.6 is 23.2 Å². The van der Waals surface area contributed by atoms with Crippen molar-refractivity contribution in [2.45, 2.75) is 25.6 Å². The van der Waals surface area contributed by atoms with Crippen LogP contribution in [0.2, 0.25) is 10.0 Å². The second kappa shape index (κ2) is 5.25. The lowest BCUT2D eigenvalue weighted by molar-refractivity contribution is -0.154. The minimum Gasteiger partial charge on any atom is -0.485 e. The number of hydrogen-bond donors (Lipinski definition) is 0. The third-order valence-corrected chi connectivity index (χ3v) is 3.12. The molecule has 1 aromatic carbocycles. The summed E-state index contributed by atoms with van der Waals surface area (Å²) in [6.07, 6.45) is -0.387. The molecular weight excluding hydrogens is 263 g/mol. The van der Waals surface area contributed by atoms with Gasteiger partial charge in [0.1, 0.15) is 11.9 Å². The topological polar surface area (TPSA) is 35.5 Å². The van der Waals surface area contributed by atoms with Crippen LogP contribution in [0.15, 0.2) is 18.2 Å². The van der Waals surface area contributed by atoms with Crippen LogP contribution in [0, 0.1) is 0 Å². The van der Waals surface area contributed by atoms with Gasteiger partial charge < -0.3 is 9.47 Å². The molecule has 0 amide bonds. The Kier molecular flexibility index (Phi) is 3.92. The van der Waals surface area contributed by atoms with E-state index in [2.05, 4.69) is 0 Å². The number of carbonyl (C=O) groups is 1. The van der Waals surface area contributed by atoms with Gasteiger partial charge in [-0.3, -0.25) is 4.79 Å². The number of hydrogen-bond acceptors (Lipinski definition) is 3. The Labute approximate surface area is 110 Å². The lowest BCUT2D eigenvalue weighted by atomic mass is 9.90. The van der Waals surface area contributed by atoms with Crippen LogP contribution in [0.5, 0.6) is 5.75 Å². The summed E-state index contributed by atoms with van der Waals surface area (Å²) in [5.74, 6) is 0.552. The van der Waals surface area contributed by atoms with Gasteiger partial charge >= 0.3 is 0 Å². The van der Waals surface area contributed by atoms with Gasteiger partial charge in [-0.05, 0) is 19.1 Å². The lowest BCUT2D eigenvalue weighted by Gasteiger charge is -2.34. The highest BCUT2D eigenvalue weighted by Gasteiger charge is 2.42. The summed E-state index contributed by atoms with van der Waals surface area (Å²) < 4.78 is 10.9. The molecule has 17 heavy (non-hydrogen) atoms. The number of rotatable bonds is 4. The highest BCUT2D eigenvalue weighted by Crippen LogP contribution is 2.32. The maximum atomic E-state index is 11.3. The molecule has 0 radical (unpaired) electrons. The molecule has 0 bridgehead atoms. The number of ketones is 1. The molecule has 0 saturated heterocycles. The van der Waals surface area contributed by atoms with Crippen LogP contribution in [0.1, 0.15) is 13.3 Å². The van der Waals surface area contributed by atoms with Gasteiger partial charge in [-0.15, -0.1) is 0 Å². The molecule has 0 aliphatic heterocycles. The SMILES string of the molecule is CCOC1C(=O)CC1Oc1cc(Cl)ccc1Cl. The molecule has 0 aromatic heterocycles. The van der Waals surface area contributed by atoms with Gasteiger partial charge in [0, 0.05) is 24.1 Å². The van der Waals surface area contributed by atoms with Gasteiger partial charge in [0.15, 0.2) is 11.9 Å². The van der Waals surface area contributed by atoms with Crippen molar-refractivity contribution in [1.29, 1.82) is 0 Å². The smallest absolute Gasteiger partial charge is 0.169 e. The molecule has 5 heteroatoms. The van der Waals surface area contributed by atoms with Gasteiger partial charge in [-0.1, -0.05) is 23.2 Å². The number of Topliss-reactive ketones (excluding diaryl/α,β-unsaturated/α-hetero) is 1. The molecule has 1 saturated carbocycles. The van der Waals surface area contributed by atoms with E-state index in [1.165, 1.54) is 0 Å². The van der Waals surface area contributed by atoms with Gasteiger partial charge in [-0.25, -0.2) is 0 Å². The molecule has 3 nitrogen and oxygen atoms in total. The van der Waals surface area contributed by atoms with Crippen molar-refractivity contribution in [2.75, 3.05) is 6.61 Å². The molecule has 1 aliphatic carbocycles. The summed E-state index contributed by atoms with van der Waals surface area (Å²) >= 11 is 11.8. The van der Waals surface area contributed by atoms with E-state index in [1.807, 2.05) is 6.92 Å². The summed E-state index contributed by atoms with van der Waals surface area (Å²) in [5.41, 5.74) is 0. The van der Waals surface area contributed by atoms with Crippen molar-refractivity contribution in [3.05, 3.63) is 28.2 Å². The molecule has 0 heterocycles. The third-order valence-electron chi connectivity index (χ3n) is 2.58. The molecule has 2 unspecified atom stereocenters. The first kappa shape index (κ1) is 12.7. The second-order valence-corrected chi connectivity index (χ2v) is 4.62. The summed E-state index contributed by atoms with van der Waals surface area (Å²) in [7, 11) is 0. The molecule has 0 spiro atoms. The average molecular weight is 275 g/mol. The van der Waals surface area contributed by atoms with Crippen LogP contribution in [0.4, 0.5) is 0 Å². The van der Waals surface area contributed by atoms with Crippen molar-refractivity contribution >= 4 is 29.0 Å². The predicted octanol–water partition coefficient (Wildman–Crippen LogP) is 3.12. The minimum atomic E-state index is -0.477. The van der Waals surface area contributed by atoms with Crippen LogP contribution in [-0.2, 0) is 9.53 Å². The van der Waals surface area contributed by atoms with E-state index in [0.717, 1.165) is 0 Å². The minimum absolute atomic E-state index is 0.0648. The highest BCUT2D eigenvalue weighted by atomic mass is 35.5. The second-order valence-electron chi connectivity index (χ2n) is 3.78. The number of carbonyl (C=O) groups excluding carboxylic acids is 1. The van der Waals surface area contributed by atoms with Crippen molar-refractivity contribution in [3.63, 3.8) is 0 Å². The van der Waals surface area contributed by atoms with E-state index in [1.54, 1.807) is 18.2 Å². The molecule has 1 aliphatic rings. The van der Waals surface area contributed by atoms with Crippen LogP contribution < -0.4 is 4.74 Å². The number of halogens is 2. The summed E-state index contributed by atoms with van der Waals surface area (Å²) in [6, 6.07) is 4.98. The highest BCUT2D eigenvalue weighted by molar-refractivity contribution is 6.34. The zero-order valence-electron chi connectivity index (χ0n) is 9.28. The first-order chi connectivity index (χ1) is 8.11. The van der Waals surface area contributed by atoms with Crippen LogP contribution in [0.3, 0.4) is 0 Å². The number of benzene rings is 1. The monoisotopic (exact) mass is 274 g/mol. The summed E-state index contributed by atoms with van der Waals surface area (Å²) in [6.45, 7) is 2.33. The Balaban J connectivity index is 2.06. The summed E-state index contributed by atoms with van der Waals surface area (Å²) in [4.78, 5) is 11.3. The van der Waals surface area contributed by atoms with Crippen molar-refractivity contribution in [1.82, 2.24) is 0 Å². The molecule has 1 fully saturated rings. The molecule has 0 N–H and O–H groups in total. The van der Waals surface area contributed by atoms with Gasteiger partial charge in [0.2, 0.25) is 0 Å². The lowest BCUT2D eigenvalue weighted by Crippen LogP contribution is -2.52. The fourth-order valence-electron chi connectivity index (χ4n) is 1.68. The van der Waals surface area contributed by atoms with E-state index in [9.17, 15) is 4.79 Å². The molecule has 2 rings (SSSR count).